The summed E-state index contributed by atoms with van der Waals surface area (Å²) in [6.07, 6.45) is 1.99. The summed E-state index contributed by atoms with van der Waals surface area (Å²) in [6, 6.07) is 4.76. The minimum absolute atomic E-state index is 0.118. The quantitative estimate of drug-likeness (QED) is 0.900. The van der Waals surface area contributed by atoms with Gasteiger partial charge in [0.1, 0.15) is 5.75 Å². The number of rotatable bonds is 2. The van der Waals surface area contributed by atoms with Crippen molar-refractivity contribution in [3.05, 3.63) is 27.7 Å². The first-order valence-corrected chi connectivity index (χ1v) is 6.74. The van der Waals surface area contributed by atoms with E-state index in [9.17, 15) is 5.11 Å². The predicted octanol–water partition coefficient (Wildman–Crippen LogP) is 1.60. The number of ether oxygens (including phenoxy) is 1. The van der Waals surface area contributed by atoms with Gasteiger partial charge in [0.15, 0.2) is 0 Å². The summed E-state index contributed by atoms with van der Waals surface area (Å²) in [5.74, 6) is 0.984. The molecule has 3 nitrogen and oxygen atoms in total. The highest BCUT2D eigenvalue weighted by molar-refractivity contribution is 9.10. The van der Waals surface area contributed by atoms with Gasteiger partial charge in [-0.2, -0.15) is 0 Å². The zero-order chi connectivity index (χ0) is 12.0. The molecule has 17 heavy (non-hydrogen) atoms. The van der Waals surface area contributed by atoms with Crippen molar-refractivity contribution in [1.82, 2.24) is 4.90 Å². The molecule has 1 aromatic rings. The van der Waals surface area contributed by atoms with Crippen LogP contribution in [0.15, 0.2) is 16.6 Å². The third-order valence-corrected chi connectivity index (χ3v) is 4.25. The van der Waals surface area contributed by atoms with Crippen LogP contribution in [0.3, 0.4) is 0 Å². The Morgan fingerprint density at radius 2 is 2.12 bits per heavy atom. The van der Waals surface area contributed by atoms with Crippen LogP contribution in [0.4, 0.5) is 0 Å². The zero-order valence-electron chi connectivity index (χ0n) is 9.82. The molecule has 1 aromatic carbocycles. The third-order valence-electron chi connectivity index (χ3n) is 3.79. The number of nitrogens with zero attached hydrogens (tertiary/aromatic N) is 1. The largest absolute Gasteiger partial charge is 0.496 e. The maximum absolute atomic E-state index is 9.37. The molecule has 0 spiro atoms. The van der Waals surface area contributed by atoms with E-state index in [1.807, 2.05) is 6.07 Å². The molecular weight excluding hydrogens is 282 g/mol. The molecule has 1 N–H and O–H groups in total. The van der Waals surface area contributed by atoms with E-state index in [1.54, 1.807) is 7.11 Å². The number of fused-ring (bicyclic) bond motifs is 1. The van der Waals surface area contributed by atoms with Gasteiger partial charge in [-0.05, 0) is 36.1 Å². The Labute approximate surface area is 110 Å². The summed E-state index contributed by atoms with van der Waals surface area (Å²) in [4.78, 5) is 2.36. The van der Waals surface area contributed by atoms with Crippen molar-refractivity contribution in [2.45, 2.75) is 25.0 Å². The predicted molar refractivity (Wildman–Crippen MR) is 69.5 cm³/mol. The van der Waals surface area contributed by atoms with Crippen LogP contribution in [0.5, 0.6) is 5.75 Å². The van der Waals surface area contributed by atoms with E-state index in [2.05, 4.69) is 26.9 Å². The SMILES string of the molecule is COc1cc(Br)cc2c1C[C@H](N1CC(O)C1)C2. The van der Waals surface area contributed by atoms with E-state index in [0.29, 0.717) is 6.04 Å². The fourth-order valence-corrected chi connectivity index (χ4v) is 3.35. The van der Waals surface area contributed by atoms with E-state index < -0.39 is 0 Å². The van der Waals surface area contributed by atoms with E-state index in [4.69, 9.17) is 4.74 Å². The van der Waals surface area contributed by atoms with Crippen LogP contribution in [0.25, 0.3) is 0 Å². The Hall–Kier alpha value is -0.580. The second-order valence-corrected chi connectivity index (χ2v) is 5.83. The molecule has 0 aromatic heterocycles. The van der Waals surface area contributed by atoms with Gasteiger partial charge in [0.05, 0.1) is 13.2 Å². The van der Waals surface area contributed by atoms with Crippen molar-refractivity contribution in [2.75, 3.05) is 20.2 Å². The monoisotopic (exact) mass is 297 g/mol. The number of β-amino-alcohol motifs (C(OH)–C–C–N with tert-alkyl or cyclic N) is 1. The van der Waals surface area contributed by atoms with Crippen LogP contribution in [0.2, 0.25) is 0 Å². The van der Waals surface area contributed by atoms with E-state index in [1.165, 1.54) is 11.1 Å². The van der Waals surface area contributed by atoms with Gasteiger partial charge >= 0.3 is 0 Å². The number of aliphatic hydroxyl groups excluding tert-OH is 1. The van der Waals surface area contributed by atoms with Crippen molar-refractivity contribution in [3.8, 4) is 5.75 Å². The zero-order valence-corrected chi connectivity index (χ0v) is 11.4. The summed E-state index contributed by atoms with van der Waals surface area (Å²) >= 11 is 3.52. The van der Waals surface area contributed by atoms with Crippen molar-refractivity contribution in [3.63, 3.8) is 0 Å². The molecule has 1 atom stereocenters. The molecule has 92 valence electrons. The molecule has 1 aliphatic carbocycles. The van der Waals surface area contributed by atoms with Crippen LogP contribution in [-0.4, -0.2) is 42.4 Å². The van der Waals surface area contributed by atoms with Crippen LogP contribution in [-0.2, 0) is 12.8 Å². The Morgan fingerprint density at radius 3 is 2.76 bits per heavy atom. The fourth-order valence-electron chi connectivity index (χ4n) is 2.87. The average Bonchev–Trinajstić information content (AvgIpc) is 2.66. The molecule has 2 aliphatic rings. The molecule has 0 saturated carbocycles. The standard InChI is InChI=1S/C13H16BrNO2/c1-17-13-4-9(14)2-8-3-10(5-12(8)13)15-6-11(16)7-15/h2,4,10-11,16H,3,5-7H2,1H3/t10-/m1/s1. The lowest BCUT2D eigenvalue weighted by Crippen LogP contribution is -2.55. The summed E-state index contributed by atoms with van der Waals surface area (Å²) in [5.41, 5.74) is 2.71. The number of halogens is 1. The van der Waals surface area contributed by atoms with Crippen LogP contribution in [0, 0.1) is 0 Å². The van der Waals surface area contributed by atoms with Crippen LogP contribution < -0.4 is 4.74 Å². The van der Waals surface area contributed by atoms with Gasteiger partial charge in [-0.3, -0.25) is 4.90 Å². The van der Waals surface area contributed by atoms with Crippen molar-refractivity contribution >= 4 is 15.9 Å². The molecule has 1 heterocycles. The number of hydrogen-bond acceptors (Lipinski definition) is 3. The molecule has 0 amide bonds. The van der Waals surface area contributed by atoms with E-state index in [0.717, 1.165) is 36.2 Å². The van der Waals surface area contributed by atoms with Gasteiger partial charge in [-0.25, -0.2) is 0 Å². The molecule has 4 heteroatoms. The lowest BCUT2D eigenvalue weighted by Gasteiger charge is -2.40. The Kier molecular flexibility index (Phi) is 2.89. The summed E-state index contributed by atoms with van der Waals surface area (Å²) in [7, 11) is 1.72. The van der Waals surface area contributed by atoms with Crippen molar-refractivity contribution in [2.24, 2.45) is 0 Å². The number of hydrogen-bond donors (Lipinski definition) is 1. The highest BCUT2D eigenvalue weighted by atomic mass is 79.9. The molecular formula is C13H16BrNO2. The summed E-state index contributed by atoms with van der Waals surface area (Å²) in [5, 5.41) is 9.37. The second kappa shape index (κ2) is 4.26. The van der Waals surface area contributed by atoms with E-state index in [-0.39, 0.29) is 6.10 Å². The first-order valence-electron chi connectivity index (χ1n) is 5.95. The van der Waals surface area contributed by atoms with Gasteiger partial charge < -0.3 is 9.84 Å². The highest BCUT2D eigenvalue weighted by Crippen LogP contribution is 2.36. The smallest absolute Gasteiger partial charge is 0.123 e. The molecule has 1 fully saturated rings. The molecule has 0 unspecified atom stereocenters. The number of benzene rings is 1. The first-order chi connectivity index (χ1) is 8.17. The maximum atomic E-state index is 9.37. The van der Waals surface area contributed by atoms with Gasteiger partial charge in [0.2, 0.25) is 0 Å². The average molecular weight is 298 g/mol. The Balaban J connectivity index is 1.82. The number of aliphatic hydroxyl groups is 1. The topological polar surface area (TPSA) is 32.7 Å². The second-order valence-electron chi connectivity index (χ2n) is 4.92. The first kappa shape index (κ1) is 11.5. The summed E-state index contributed by atoms with van der Waals surface area (Å²) in [6.45, 7) is 1.64. The lowest BCUT2D eigenvalue weighted by molar-refractivity contribution is -0.0222. The van der Waals surface area contributed by atoms with E-state index >= 15 is 0 Å². The maximum Gasteiger partial charge on any atom is 0.123 e. The van der Waals surface area contributed by atoms with Gasteiger partial charge in [0.25, 0.3) is 0 Å². The van der Waals surface area contributed by atoms with Crippen LogP contribution in [0.1, 0.15) is 11.1 Å². The molecule has 3 rings (SSSR count). The van der Waals surface area contributed by atoms with Gasteiger partial charge in [-0.15, -0.1) is 0 Å². The summed E-state index contributed by atoms with van der Waals surface area (Å²) < 4.78 is 6.52. The number of likely N-dealkylation sites (tertiary alicyclic amines) is 1. The molecule has 0 radical (unpaired) electrons. The number of methoxy groups -OCH3 is 1. The minimum Gasteiger partial charge on any atom is -0.496 e. The van der Waals surface area contributed by atoms with Gasteiger partial charge in [-0.1, -0.05) is 15.9 Å². The molecule has 1 saturated heterocycles. The third kappa shape index (κ3) is 1.98. The Bertz CT molecular complexity index is 443. The minimum atomic E-state index is -0.118. The molecule has 1 aliphatic heterocycles. The highest BCUT2D eigenvalue weighted by Gasteiger charge is 2.35. The van der Waals surface area contributed by atoms with Gasteiger partial charge in [0, 0.05) is 23.6 Å². The van der Waals surface area contributed by atoms with Crippen molar-refractivity contribution < 1.29 is 9.84 Å². The Morgan fingerprint density at radius 1 is 1.35 bits per heavy atom. The lowest BCUT2D eigenvalue weighted by atomic mass is 10.1. The fraction of sp³-hybridized carbons (Fsp3) is 0.538. The van der Waals surface area contributed by atoms with Crippen molar-refractivity contribution in [1.29, 1.82) is 0 Å². The normalized spacial score (nSPS) is 24.5. The van der Waals surface area contributed by atoms with Crippen LogP contribution >= 0.6 is 15.9 Å². The molecule has 0 bridgehead atoms.